The number of hydrogen-bond acceptors (Lipinski definition) is 4. The summed E-state index contributed by atoms with van der Waals surface area (Å²) in [7, 11) is 0. The van der Waals surface area contributed by atoms with Crippen LogP contribution in [0.5, 0.6) is 11.5 Å². The summed E-state index contributed by atoms with van der Waals surface area (Å²) in [6.45, 7) is 2.23. The number of halogens is 1. The number of rotatable bonds is 4. The fourth-order valence-electron chi connectivity index (χ4n) is 2.32. The Hall–Kier alpha value is -2.73. The molecule has 0 atom stereocenters. The second-order valence-electron chi connectivity index (χ2n) is 5.05. The van der Waals surface area contributed by atoms with E-state index < -0.39 is 0 Å². The molecule has 6 nitrogen and oxygen atoms in total. The van der Waals surface area contributed by atoms with Gasteiger partial charge in [-0.3, -0.25) is 9.59 Å². The summed E-state index contributed by atoms with van der Waals surface area (Å²) in [5.74, 6) is 0.351. The summed E-state index contributed by atoms with van der Waals surface area (Å²) in [6, 6.07) is 10.1. The Morgan fingerprint density at radius 3 is 2.96 bits per heavy atom. The Bertz CT molecular complexity index is 807. The van der Waals surface area contributed by atoms with Gasteiger partial charge in [0, 0.05) is 6.07 Å². The van der Waals surface area contributed by atoms with Crippen LogP contribution in [0.3, 0.4) is 0 Å². The molecule has 0 saturated heterocycles. The fraction of sp³-hybridized carbons (Fsp3) is 0.176. The Balaban J connectivity index is 1.86. The third-order valence-corrected chi connectivity index (χ3v) is 3.69. The lowest BCUT2D eigenvalue weighted by Gasteiger charge is -2.20. The van der Waals surface area contributed by atoms with Crippen molar-refractivity contribution in [2.24, 2.45) is 0 Å². The molecule has 0 fully saturated rings. The second-order valence-corrected chi connectivity index (χ2v) is 5.46. The molecule has 0 spiro atoms. The van der Waals surface area contributed by atoms with E-state index in [4.69, 9.17) is 21.1 Å². The normalized spacial score (nSPS) is 12.7. The van der Waals surface area contributed by atoms with Crippen LogP contribution < -0.4 is 20.1 Å². The van der Waals surface area contributed by atoms with E-state index in [0.29, 0.717) is 40.1 Å². The van der Waals surface area contributed by atoms with Gasteiger partial charge in [0.15, 0.2) is 6.61 Å². The summed E-state index contributed by atoms with van der Waals surface area (Å²) in [4.78, 5) is 23.8. The molecule has 1 aliphatic rings. The lowest BCUT2D eigenvalue weighted by atomic mass is 10.1. The lowest BCUT2D eigenvalue weighted by molar-refractivity contribution is -0.118. The Morgan fingerprint density at radius 1 is 1.38 bits per heavy atom. The summed E-state index contributed by atoms with van der Waals surface area (Å²) in [6.07, 6.45) is 0. The summed E-state index contributed by atoms with van der Waals surface area (Å²) in [5, 5.41) is 5.69. The van der Waals surface area contributed by atoms with Crippen molar-refractivity contribution in [3.05, 3.63) is 47.0 Å². The van der Waals surface area contributed by atoms with E-state index in [0.717, 1.165) is 0 Å². The molecule has 24 heavy (non-hydrogen) atoms. The maximum Gasteiger partial charge on any atom is 0.262 e. The first kappa shape index (κ1) is 16.1. The maximum absolute atomic E-state index is 12.5. The van der Waals surface area contributed by atoms with Crippen LogP contribution in [-0.4, -0.2) is 25.0 Å². The van der Waals surface area contributed by atoms with Gasteiger partial charge in [0.25, 0.3) is 11.8 Å². The van der Waals surface area contributed by atoms with Crippen molar-refractivity contribution < 1.29 is 19.1 Å². The van der Waals surface area contributed by atoms with Gasteiger partial charge in [-0.05, 0) is 25.1 Å². The molecule has 2 N–H and O–H groups in total. The minimum Gasteiger partial charge on any atom is -0.493 e. The molecular weight excluding hydrogens is 332 g/mol. The summed E-state index contributed by atoms with van der Waals surface area (Å²) in [5.41, 5.74) is 1.27. The standard InChI is InChI=1S/C17H15ClN2O4/c1-2-23-14-6-4-3-5-10(14)17(22)20-12-8-15-13(7-11(12)18)19-16(21)9-24-15/h3-8H,2,9H2,1H3,(H,19,21)(H,20,22). The molecule has 0 aromatic heterocycles. The van der Waals surface area contributed by atoms with E-state index in [-0.39, 0.29) is 18.4 Å². The molecule has 0 radical (unpaired) electrons. The number of hydrogen-bond donors (Lipinski definition) is 2. The molecule has 7 heteroatoms. The number of amides is 2. The minimum atomic E-state index is -0.347. The van der Waals surface area contributed by atoms with Crippen molar-refractivity contribution in [2.45, 2.75) is 6.92 Å². The van der Waals surface area contributed by atoms with Gasteiger partial charge in [0.05, 0.1) is 28.6 Å². The molecule has 1 aliphatic heterocycles. The molecule has 2 amide bonds. The molecule has 2 aromatic carbocycles. The first-order valence-electron chi connectivity index (χ1n) is 7.38. The van der Waals surface area contributed by atoms with E-state index in [1.165, 1.54) is 6.07 Å². The highest BCUT2D eigenvalue weighted by Gasteiger charge is 2.20. The summed E-state index contributed by atoms with van der Waals surface area (Å²) >= 11 is 6.19. The molecule has 1 heterocycles. The highest BCUT2D eigenvalue weighted by molar-refractivity contribution is 6.34. The van der Waals surface area contributed by atoms with Crippen LogP contribution in [0.2, 0.25) is 5.02 Å². The summed E-state index contributed by atoms with van der Waals surface area (Å²) < 4.78 is 10.8. The molecular formula is C17H15ClN2O4. The van der Waals surface area contributed by atoms with Crippen molar-refractivity contribution >= 4 is 34.8 Å². The van der Waals surface area contributed by atoms with E-state index >= 15 is 0 Å². The van der Waals surface area contributed by atoms with Crippen molar-refractivity contribution in [3.8, 4) is 11.5 Å². The number of carbonyl (C=O) groups excluding carboxylic acids is 2. The number of para-hydroxylation sites is 1. The van der Waals surface area contributed by atoms with Gasteiger partial charge in [-0.1, -0.05) is 23.7 Å². The minimum absolute atomic E-state index is 0.0742. The van der Waals surface area contributed by atoms with Crippen LogP contribution in [0, 0.1) is 0 Å². The molecule has 3 rings (SSSR count). The molecule has 0 aliphatic carbocycles. The van der Waals surface area contributed by atoms with Gasteiger partial charge in [-0.25, -0.2) is 0 Å². The predicted octanol–water partition coefficient (Wildman–Crippen LogP) is 3.32. The van der Waals surface area contributed by atoms with Crippen molar-refractivity contribution in [1.82, 2.24) is 0 Å². The number of nitrogens with one attached hydrogen (secondary N) is 2. The highest BCUT2D eigenvalue weighted by atomic mass is 35.5. The highest BCUT2D eigenvalue weighted by Crippen LogP contribution is 2.36. The zero-order chi connectivity index (χ0) is 17.1. The zero-order valence-corrected chi connectivity index (χ0v) is 13.6. The van der Waals surface area contributed by atoms with Gasteiger partial charge >= 0.3 is 0 Å². The van der Waals surface area contributed by atoms with E-state index in [2.05, 4.69) is 10.6 Å². The van der Waals surface area contributed by atoms with Crippen LogP contribution in [0.15, 0.2) is 36.4 Å². The van der Waals surface area contributed by atoms with Gasteiger partial charge in [-0.15, -0.1) is 0 Å². The number of ether oxygens (including phenoxy) is 2. The smallest absolute Gasteiger partial charge is 0.262 e. The maximum atomic E-state index is 12.5. The fourth-order valence-corrected chi connectivity index (χ4v) is 2.53. The molecule has 0 unspecified atom stereocenters. The van der Waals surface area contributed by atoms with E-state index in [9.17, 15) is 9.59 Å². The monoisotopic (exact) mass is 346 g/mol. The van der Waals surface area contributed by atoms with Crippen molar-refractivity contribution in [2.75, 3.05) is 23.8 Å². The lowest BCUT2D eigenvalue weighted by Crippen LogP contribution is -2.25. The predicted molar refractivity (Wildman–Crippen MR) is 91.1 cm³/mol. The van der Waals surface area contributed by atoms with Gasteiger partial charge in [0.1, 0.15) is 11.5 Å². The van der Waals surface area contributed by atoms with Crippen molar-refractivity contribution in [1.29, 1.82) is 0 Å². The van der Waals surface area contributed by atoms with Gasteiger partial charge in [-0.2, -0.15) is 0 Å². The number of benzene rings is 2. The largest absolute Gasteiger partial charge is 0.493 e. The quantitative estimate of drug-likeness (QED) is 0.890. The molecule has 124 valence electrons. The average molecular weight is 347 g/mol. The second kappa shape index (κ2) is 6.80. The average Bonchev–Trinajstić information content (AvgIpc) is 2.56. The van der Waals surface area contributed by atoms with Gasteiger partial charge in [0.2, 0.25) is 0 Å². The molecule has 0 bridgehead atoms. The third-order valence-electron chi connectivity index (χ3n) is 3.38. The first-order chi connectivity index (χ1) is 11.6. The third kappa shape index (κ3) is 3.28. The van der Waals surface area contributed by atoms with E-state index in [1.54, 1.807) is 30.3 Å². The van der Waals surface area contributed by atoms with Crippen LogP contribution >= 0.6 is 11.6 Å². The SMILES string of the molecule is CCOc1ccccc1C(=O)Nc1cc2c(cc1Cl)NC(=O)CO2. The van der Waals surface area contributed by atoms with Crippen molar-refractivity contribution in [3.63, 3.8) is 0 Å². The van der Waals surface area contributed by atoms with Crippen LogP contribution in [0.1, 0.15) is 17.3 Å². The Kier molecular flexibility index (Phi) is 4.57. The zero-order valence-electron chi connectivity index (χ0n) is 12.9. The first-order valence-corrected chi connectivity index (χ1v) is 7.75. The Morgan fingerprint density at radius 2 is 2.17 bits per heavy atom. The molecule has 0 saturated carbocycles. The topological polar surface area (TPSA) is 76.7 Å². The van der Waals surface area contributed by atoms with Crippen LogP contribution in [-0.2, 0) is 4.79 Å². The Labute approximate surface area is 143 Å². The number of carbonyl (C=O) groups is 2. The number of anilines is 2. The van der Waals surface area contributed by atoms with Crippen LogP contribution in [0.25, 0.3) is 0 Å². The number of fused-ring (bicyclic) bond motifs is 1. The van der Waals surface area contributed by atoms with Crippen LogP contribution in [0.4, 0.5) is 11.4 Å². The van der Waals surface area contributed by atoms with Gasteiger partial charge < -0.3 is 20.1 Å². The van der Waals surface area contributed by atoms with E-state index in [1.807, 2.05) is 6.92 Å². The molecule has 2 aromatic rings.